The molecular formula is C34H44N2O8. The maximum Gasteiger partial charge on any atom is 0.407 e. The SMILES string of the molecule is CC(C)(C)OC(=O)N[C@@H]1CCCC[C@H]1C(=O)O.O=C(N[C@@H]1CCCC[C@H]1C(=O)O)OCC1c2ccccc2-c2ccccc21. The summed E-state index contributed by atoms with van der Waals surface area (Å²) in [6.45, 7) is 5.58. The van der Waals surface area contributed by atoms with Crippen LogP contribution in [-0.4, -0.2) is 58.6 Å². The van der Waals surface area contributed by atoms with Crippen LogP contribution in [0.25, 0.3) is 11.1 Å². The molecule has 0 radical (unpaired) electrons. The molecule has 3 aliphatic carbocycles. The number of fused-ring (bicyclic) bond motifs is 3. The molecule has 0 bridgehead atoms. The molecule has 5 rings (SSSR count). The van der Waals surface area contributed by atoms with Crippen molar-refractivity contribution in [1.82, 2.24) is 10.6 Å². The molecule has 0 aromatic heterocycles. The number of hydrogen-bond acceptors (Lipinski definition) is 6. The molecule has 238 valence electrons. The van der Waals surface area contributed by atoms with Crippen molar-refractivity contribution in [3.05, 3.63) is 59.7 Å². The summed E-state index contributed by atoms with van der Waals surface area (Å²) < 4.78 is 10.7. The third-order valence-electron chi connectivity index (χ3n) is 8.52. The number of benzene rings is 2. The summed E-state index contributed by atoms with van der Waals surface area (Å²) in [5.74, 6) is -2.70. The molecule has 0 aliphatic heterocycles. The van der Waals surface area contributed by atoms with Crippen molar-refractivity contribution in [3.8, 4) is 11.1 Å². The molecule has 0 unspecified atom stereocenters. The van der Waals surface area contributed by atoms with Crippen molar-refractivity contribution in [2.24, 2.45) is 11.8 Å². The van der Waals surface area contributed by atoms with Crippen molar-refractivity contribution < 1.29 is 38.9 Å². The van der Waals surface area contributed by atoms with E-state index in [1.54, 1.807) is 20.8 Å². The number of nitrogens with one attached hydrogen (secondary N) is 2. The van der Waals surface area contributed by atoms with Gasteiger partial charge in [0.25, 0.3) is 0 Å². The van der Waals surface area contributed by atoms with Gasteiger partial charge in [0.1, 0.15) is 12.2 Å². The van der Waals surface area contributed by atoms with E-state index in [2.05, 4.69) is 34.9 Å². The molecule has 0 heterocycles. The van der Waals surface area contributed by atoms with E-state index in [0.717, 1.165) is 36.8 Å². The molecule has 0 saturated heterocycles. The van der Waals surface area contributed by atoms with E-state index in [1.807, 2.05) is 24.3 Å². The number of carboxylic acids is 2. The third-order valence-corrected chi connectivity index (χ3v) is 8.52. The Hall–Kier alpha value is -4.08. The van der Waals surface area contributed by atoms with E-state index in [1.165, 1.54) is 11.1 Å². The molecule has 4 N–H and O–H groups in total. The largest absolute Gasteiger partial charge is 0.481 e. The minimum atomic E-state index is -0.848. The number of carbonyl (C=O) groups is 4. The van der Waals surface area contributed by atoms with Crippen LogP contribution in [0.2, 0.25) is 0 Å². The number of carboxylic acid groups (broad SMARTS) is 2. The van der Waals surface area contributed by atoms with Crippen molar-refractivity contribution in [2.75, 3.05) is 6.61 Å². The quantitative estimate of drug-likeness (QED) is 0.297. The summed E-state index contributed by atoms with van der Waals surface area (Å²) >= 11 is 0. The van der Waals surface area contributed by atoms with Crippen LogP contribution in [0.4, 0.5) is 9.59 Å². The monoisotopic (exact) mass is 608 g/mol. The lowest BCUT2D eigenvalue weighted by atomic mass is 9.84. The smallest absolute Gasteiger partial charge is 0.407 e. The highest BCUT2D eigenvalue weighted by molar-refractivity contribution is 5.79. The summed E-state index contributed by atoms with van der Waals surface area (Å²) in [5.41, 5.74) is 4.12. The Bertz CT molecular complexity index is 1290. The first-order valence-electron chi connectivity index (χ1n) is 15.5. The molecule has 2 aromatic rings. The van der Waals surface area contributed by atoms with Gasteiger partial charge in [0.2, 0.25) is 0 Å². The highest BCUT2D eigenvalue weighted by atomic mass is 16.6. The van der Waals surface area contributed by atoms with Crippen LogP contribution in [0.15, 0.2) is 48.5 Å². The van der Waals surface area contributed by atoms with Gasteiger partial charge in [0.05, 0.1) is 11.8 Å². The van der Waals surface area contributed by atoms with Crippen LogP contribution in [0, 0.1) is 11.8 Å². The van der Waals surface area contributed by atoms with E-state index in [0.29, 0.717) is 25.7 Å². The molecule has 2 aromatic carbocycles. The molecule has 2 amide bonds. The molecular weight excluding hydrogens is 564 g/mol. The second kappa shape index (κ2) is 14.6. The molecule has 3 aliphatic rings. The van der Waals surface area contributed by atoms with Gasteiger partial charge in [0, 0.05) is 18.0 Å². The van der Waals surface area contributed by atoms with Crippen molar-refractivity contribution in [3.63, 3.8) is 0 Å². The predicted octanol–water partition coefficient (Wildman–Crippen LogP) is 6.32. The second-order valence-electron chi connectivity index (χ2n) is 12.8. The van der Waals surface area contributed by atoms with Gasteiger partial charge in [-0.05, 0) is 68.7 Å². The normalized spacial score (nSPS) is 22.7. The van der Waals surface area contributed by atoms with Crippen LogP contribution in [-0.2, 0) is 19.1 Å². The average Bonchev–Trinajstić information content (AvgIpc) is 3.29. The van der Waals surface area contributed by atoms with Gasteiger partial charge in [0.15, 0.2) is 0 Å². The van der Waals surface area contributed by atoms with Gasteiger partial charge < -0.3 is 30.3 Å². The number of amides is 2. The van der Waals surface area contributed by atoms with E-state index < -0.39 is 41.6 Å². The number of rotatable bonds is 6. The van der Waals surface area contributed by atoms with Gasteiger partial charge in [-0.15, -0.1) is 0 Å². The maximum absolute atomic E-state index is 12.3. The lowest BCUT2D eigenvalue weighted by Gasteiger charge is -2.30. The zero-order valence-corrected chi connectivity index (χ0v) is 25.7. The zero-order valence-electron chi connectivity index (χ0n) is 25.7. The first-order chi connectivity index (χ1) is 20.9. The van der Waals surface area contributed by atoms with Gasteiger partial charge in [-0.2, -0.15) is 0 Å². The fourth-order valence-corrected chi connectivity index (χ4v) is 6.45. The Balaban J connectivity index is 0.000000225. The first kappa shape index (κ1) is 32.8. The molecule has 10 heteroatoms. The number of hydrogen-bond donors (Lipinski definition) is 4. The topological polar surface area (TPSA) is 151 Å². The van der Waals surface area contributed by atoms with Crippen molar-refractivity contribution >= 4 is 24.1 Å². The van der Waals surface area contributed by atoms with Gasteiger partial charge >= 0.3 is 24.1 Å². The summed E-state index contributed by atoms with van der Waals surface area (Å²) in [5, 5.41) is 23.9. The molecule has 2 saturated carbocycles. The molecule has 2 fully saturated rings. The standard InChI is InChI=1S/C22H23NO4.C12H21NO4/c24-21(25)18-11-5-6-12-20(18)23-22(26)27-13-19-16-9-3-1-7-14(16)15-8-2-4-10-17(15)19;1-12(2,3)17-11(16)13-9-7-5-4-6-8(9)10(14)15/h1-4,7-10,18-20H,5-6,11-13H2,(H,23,26)(H,24,25);8-9H,4-7H2,1-3H3,(H,13,16)(H,14,15)/t18-,20-;8-,9-/m11/s1. The van der Waals surface area contributed by atoms with Gasteiger partial charge in [-0.1, -0.05) is 74.2 Å². The minimum absolute atomic E-state index is 0.00442. The van der Waals surface area contributed by atoms with Crippen LogP contribution in [0.5, 0.6) is 0 Å². The number of alkyl carbamates (subject to hydrolysis) is 2. The Morgan fingerprint density at radius 1 is 0.705 bits per heavy atom. The Kier molecular flexibility index (Phi) is 10.9. The fraction of sp³-hybridized carbons (Fsp3) is 0.529. The summed E-state index contributed by atoms with van der Waals surface area (Å²) in [4.78, 5) is 46.3. The van der Waals surface area contributed by atoms with Crippen LogP contribution in [0.3, 0.4) is 0 Å². The number of ether oxygens (including phenoxy) is 2. The minimum Gasteiger partial charge on any atom is -0.481 e. The lowest BCUT2D eigenvalue weighted by Crippen LogP contribution is -2.46. The summed E-state index contributed by atoms with van der Waals surface area (Å²) in [7, 11) is 0. The van der Waals surface area contributed by atoms with Gasteiger partial charge in [-0.3, -0.25) is 9.59 Å². The Morgan fingerprint density at radius 3 is 1.59 bits per heavy atom. The molecule has 44 heavy (non-hydrogen) atoms. The zero-order chi connectivity index (χ0) is 31.9. The van der Waals surface area contributed by atoms with E-state index in [4.69, 9.17) is 14.6 Å². The van der Waals surface area contributed by atoms with Crippen LogP contribution in [0.1, 0.15) is 89.2 Å². The number of carbonyl (C=O) groups excluding carboxylic acids is 2. The fourth-order valence-electron chi connectivity index (χ4n) is 6.45. The lowest BCUT2D eigenvalue weighted by molar-refractivity contribution is -0.144. The Labute approximate surface area is 258 Å². The Morgan fingerprint density at radius 2 is 1.14 bits per heavy atom. The van der Waals surface area contributed by atoms with Crippen molar-refractivity contribution in [1.29, 1.82) is 0 Å². The highest BCUT2D eigenvalue weighted by Crippen LogP contribution is 2.44. The third kappa shape index (κ3) is 8.51. The van der Waals surface area contributed by atoms with Crippen LogP contribution >= 0.6 is 0 Å². The number of aliphatic carboxylic acids is 2. The highest BCUT2D eigenvalue weighted by Gasteiger charge is 2.34. The first-order valence-corrected chi connectivity index (χ1v) is 15.5. The second-order valence-corrected chi connectivity index (χ2v) is 12.8. The average molecular weight is 609 g/mol. The maximum atomic E-state index is 12.3. The van der Waals surface area contributed by atoms with E-state index in [9.17, 15) is 24.3 Å². The van der Waals surface area contributed by atoms with Gasteiger partial charge in [-0.25, -0.2) is 9.59 Å². The molecule has 0 spiro atoms. The van der Waals surface area contributed by atoms with E-state index >= 15 is 0 Å². The summed E-state index contributed by atoms with van der Waals surface area (Å²) in [6, 6.07) is 15.7. The van der Waals surface area contributed by atoms with Crippen LogP contribution < -0.4 is 10.6 Å². The molecule has 4 atom stereocenters. The molecule has 10 nitrogen and oxygen atoms in total. The predicted molar refractivity (Wildman–Crippen MR) is 164 cm³/mol. The summed E-state index contributed by atoms with van der Waals surface area (Å²) in [6.07, 6.45) is 5.22. The van der Waals surface area contributed by atoms with E-state index in [-0.39, 0.29) is 24.6 Å². The van der Waals surface area contributed by atoms with Crippen molar-refractivity contribution in [2.45, 2.75) is 95.7 Å².